The van der Waals surface area contributed by atoms with Gasteiger partial charge in [-0.2, -0.15) is 0 Å². The van der Waals surface area contributed by atoms with Crippen molar-refractivity contribution in [1.82, 2.24) is 29.9 Å². The van der Waals surface area contributed by atoms with Gasteiger partial charge in [0.1, 0.15) is 34.9 Å². The number of aromatic nitrogens is 6. The SMILES string of the molecule is [Co+2].[O-][Cl+3]([O-])([O-])[O-].[O-][Cl+3]([O-])([O-])[O-].c1ccc(Nc2ccccn2)nc1.c1ccc(Nc2ccccn2)nc1.c1ccc(Nc2ccccn2)nc1. The Hall–Kier alpha value is -4.93. The molecule has 6 rings (SSSR count). The third-order valence-electron chi connectivity index (χ3n) is 4.76. The normalized spacial score (nSPS) is 9.84. The number of rotatable bonds is 6. The molecule has 0 bridgehead atoms. The molecular formula is C30H27Cl2CoN9O8. The number of halogens is 2. The Kier molecular flexibility index (Phi) is 20.9. The van der Waals surface area contributed by atoms with Crippen LogP contribution >= 0.6 is 0 Å². The molecule has 3 N–H and O–H groups in total. The van der Waals surface area contributed by atoms with Crippen LogP contribution in [-0.2, 0) is 16.8 Å². The van der Waals surface area contributed by atoms with Crippen molar-refractivity contribution in [3.8, 4) is 0 Å². The van der Waals surface area contributed by atoms with Gasteiger partial charge in [-0.05, 0) is 72.8 Å². The molecular weight excluding hydrogens is 744 g/mol. The maximum atomic E-state index is 8.49. The van der Waals surface area contributed by atoms with Crippen molar-refractivity contribution in [1.29, 1.82) is 0 Å². The molecule has 0 unspecified atom stereocenters. The number of nitrogens with zero attached hydrogens (tertiary/aromatic N) is 6. The van der Waals surface area contributed by atoms with Gasteiger partial charge in [0.25, 0.3) is 0 Å². The summed E-state index contributed by atoms with van der Waals surface area (Å²) in [7, 11) is -9.89. The largest absolute Gasteiger partial charge is 2.00 e. The van der Waals surface area contributed by atoms with Gasteiger partial charge in [-0.25, -0.2) is 67.2 Å². The minimum atomic E-state index is -4.94. The van der Waals surface area contributed by atoms with Gasteiger partial charge in [-0.15, -0.1) is 20.5 Å². The monoisotopic (exact) mass is 770 g/mol. The number of hydrogen-bond acceptors (Lipinski definition) is 17. The molecule has 0 saturated carbocycles. The molecule has 20 heteroatoms. The fourth-order valence-corrected chi connectivity index (χ4v) is 3.01. The Balaban J connectivity index is 0.000000328. The van der Waals surface area contributed by atoms with E-state index >= 15 is 0 Å². The summed E-state index contributed by atoms with van der Waals surface area (Å²) in [6.07, 6.45) is 10.4. The summed E-state index contributed by atoms with van der Waals surface area (Å²) in [5, 5.41) is 9.24. The minimum absolute atomic E-state index is 0. The minimum Gasteiger partial charge on any atom is -0.325 e. The van der Waals surface area contributed by atoms with Crippen molar-refractivity contribution in [2.24, 2.45) is 0 Å². The smallest absolute Gasteiger partial charge is 0.325 e. The summed E-state index contributed by atoms with van der Waals surface area (Å²) in [6, 6.07) is 34.2. The first-order chi connectivity index (χ1) is 23.3. The van der Waals surface area contributed by atoms with E-state index in [0.29, 0.717) is 0 Å². The zero-order valence-corrected chi connectivity index (χ0v) is 27.9. The molecule has 0 atom stereocenters. The molecule has 6 aromatic heterocycles. The zero-order valence-electron chi connectivity index (χ0n) is 25.4. The molecule has 0 amide bonds. The first kappa shape index (κ1) is 43.1. The Bertz CT molecular complexity index is 1350. The van der Waals surface area contributed by atoms with E-state index in [-0.39, 0.29) is 16.8 Å². The van der Waals surface area contributed by atoms with E-state index in [1.165, 1.54) is 0 Å². The average Bonchev–Trinajstić information content (AvgIpc) is 3.07. The quantitative estimate of drug-likeness (QED) is 0.153. The molecule has 0 fully saturated rings. The van der Waals surface area contributed by atoms with Gasteiger partial charge >= 0.3 is 16.8 Å². The van der Waals surface area contributed by atoms with E-state index in [9.17, 15) is 0 Å². The van der Waals surface area contributed by atoms with Crippen LogP contribution in [0.1, 0.15) is 0 Å². The molecule has 6 aromatic rings. The second-order valence-corrected chi connectivity index (χ2v) is 9.93. The van der Waals surface area contributed by atoms with Crippen LogP contribution in [0.15, 0.2) is 146 Å². The number of anilines is 6. The van der Waals surface area contributed by atoms with Crippen LogP contribution in [0.3, 0.4) is 0 Å². The number of nitrogens with one attached hydrogen (secondary N) is 3. The number of hydrogen-bond donors (Lipinski definition) is 3. The summed E-state index contributed by atoms with van der Waals surface area (Å²) >= 11 is 0. The maximum Gasteiger partial charge on any atom is 2.00 e. The molecule has 0 aliphatic carbocycles. The first-order valence-electron chi connectivity index (χ1n) is 13.4. The molecule has 17 nitrogen and oxygen atoms in total. The Labute approximate surface area is 300 Å². The third kappa shape index (κ3) is 25.1. The second kappa shape index (κ2) is 24.2. The van der Waals surface area contributed by atoms with Crippen molar-refractivity contribution in [2.75, 3.05) is 16.0 Å². The van der Waals surface area contributed by atoms with Crippen LogP contribution in [0.25, 0.3) is 0 Å². The Morgan fingerprint density at radius 2 is 0.440 bits per heavy atom. The fourth-order valence-electron chi connectivity index (χ4n) is 3.01. The van der Waals surface area contributed by atoms with Crippen LogP contribution in [0.4, 0.5) is 34.9 Å². The third-order valence-corrected chi connectivity index (χ3v) is 4.76. The van der Waals surface area contributed by atoms with Crippen LogP contribution < -0.4 is 53.2 Å². The van der Waals surface area contributed by atoms with E-state index < -0.39 is 20.5 Å². The van der Waals surface area contributed by atoms with Gasteiger partial charge in [0.15, 0.2) is 0 Å². The molecule has 1 radical (unpaired) electrons. The summed E-state index contributed by atoms with van der Waals surface area (Å²) in [5.41, 5.74) is 0. The van der Waals surface area contributed by atoms with Gasteiger partial charge in [0.2, 0.25) is 0 Å². The van der Waals surface area contributed by atoms with E-state index in [2.05, 4.69) is 45.9 Å². The van der Waals surface area contributed by atoms with Gasteiger partial charge < -0.3 is 16.0 Å². The second-order valence-electron chi connectivity index (χ2n) is 8.42. The van der Waals surface area contributed by atoms with Gasteiger partial charge in [0.05, 0.1) is 0 Å². The van der Waals surface area contributed by atoms with Gasteiger partial charge in [-0.3, -0.25) is 0 Å². The zero-order chi connectivity index (χ0) is 35.8. The van der Waals surface area contributed by atoms with Crippen LogP contribution in [0.2, 0.25) is 0 Å². The first-order valence-corrected chi connectivity index (χ1v) is 15.8. The van der Waals surface area contributed by atoms with Crippen molar-refractivity contribution in [2.45, 2.75) is 0 Å². The maximum absolute atomic E-state index is 8.49. The van der Waals surface area contributed by atoms with Crippen molar-refractivity contribution in [3.05, 3.63) is 146 Å². The molecule has 0 spiro atoms. The van der Waals surface area contributed by atoms with Crippen LogP contribution in [-0.4, -0.2) is 29.9 Å². The van der Waals surface area contributed by atoms with E-state index in [4.69, 9.17) is 37.3 Å². The van der Waals surface area contributed by atoms with E-state index in [0.717, 1.165) is 34.9 Å². The molecule has 50 heavy (non-hydrogen) atoms. The summed E-state index contributed by atoms with van der Waals surface area (Å²) in [4.78, 5) is 24.7. The predicted octanol–water partition coefficient (Wildman–Crippen LogP) is -2.85. The van der Waals surface area contributed by atoms with Crippen molar-refractivity contribution >= 4 is 34.9 Å². The summed E-state index contributed by atoms with van der Waals surface area (Å²) in [6.45, 7) is 0. The Morgan fingerprint density at radius 3 is 0.540 bits per heavy atom. The van der Waals surface area contributed by atoms with Gasteiger partial charge in [0, 0.05) is 37.2 Å². The Morgan fingerprint density at radius 1 is 0.300 bits per heavy atom. The molecule has 263 valence electrons. The van der Waals surface area contributed by atoms with Crippen molar-refractivity contribution in [3.63, 3.8) is 0 Å². The molecule has 0 saturated heterocycles. The topological polar surface area (TPSA) is 298 Å². The fraction of sp³-hybridized carbons (Fsp3) is 0. The standard InChI is InChI=1S/3C10H9N3.2ClHO4.Co/c3*1-3-7-11-9(5-1)13-10-6-2-4-8-12-10;2*2-1(3,4)5;/h3*1-8H,(H,11,12,13);2*(H,2,3,4,5);/q;;;;;+2/p-2. The van der Waals surface area contributed by atoms with E-state index in [1.807, 2.05) is 109 Å². The molecule has 6 heterocycles. The predicted molar refractivity (Wildman–Crippen MR) is 155 cm³/mol. The van der Waals surface area contributed by atoms with E-state index in [1.54, 1.807) is 37.2 Å². The molecule has 0 aliphatic heterocycles. The number of pyridine rings is 6. The average molecular weight is 771 g/mol. The van der Waals surface area contributed by atoms with Crippen LogP contribution in [0, 0.1) is 20.5 Å². The van der Waals surface area contributed by atoms with Crippen LogP contribution in [0.5, 0.6) is 0 Å². The summed E-state index contributed by atoms with van der Waals surface area (Å²) < 4.78 is 67.9. The summed E-state index contributed by atoms with van der Waals surface area (Å²) in [5.74, 6) is 4.84. The van der Waals surface area contributed by atoms with Crippen molar-refractivity contribution < 1.29 is 74.5 Å². The molecule has 0 aliphatic rings. The van der Waals surface area contributed by atoms with Gasteiger partial charge in [-0.1, -0.05) is 36.4 Å². The molecule has 0 aromatic carbocycles.